The molecule has 4 heterocycles. The van der Waals surface area contributed by atoms with Gasteiger partial charge in [0.25, 0.3) is 5.56 Å². The number of carbonyl (C=O) groups excluding carboxylic acids is 3. The van der Waals surface area contributed by atoms with Crippen LogP contribution in [0.3, 0.4) is 0 Å². The Hall–Kier alpha value is -5.20. The molecule has 1 amide bonds. The summed E-state index contributed by atoms with van der Waals surface area (Å²) in [7, 11) is -3.36. The normalized spacial score (nSPS) is 28.4. The van der Waals surface area contributed by atoms with Crippen LogP contribution in [0.4, 0.5) is 0 Å². The van der Waals surface area contributed by atoms with Crippen molar-refractivity contribution >= 4 is 40.2 Å². The molecule has 73 heavy (non-hydrogen) atoms. The second kappa shape index (κ2) is 28.5. The lowest BCUT2D eigenvalue weighted by atomic mass is 9.97. The lowest BCUT2D eigenvalue weighted by Gasteiger charge is -2.38. The van der Waals surface area contributed by atoms with E-state index in [2.05, 4.69) is 23.3 Å². The van der Waals surface area contributed by atoms with E-state index in [1.165, 1.54) is 20.4 Å². The predicted molar refractivity (Wildman–Crippen MR) is 251 cm³/mol. The lowest BCUT2D eigenvalue weighted by Crippen LogP contribution is -2.60. The summed E-state index contributed by atoms with van der Waals surface area (Å²) >= 11 is 0. The number of aromatic amines is 1. The number of aromatic nitrogens is 2. The number of esters is 2. The number of carbonyl (C=O) groups is 5. The quantitative estimate of drug-likeness (QED) is 0.0177. The van der Waals surface area contributed by atoms with Crippen molar-refractivity contribution < 1.29 is 90.3 Å². The van der Waals surface area contributed by atoms with Gasteiger partial charge >= 0.3 is 29.6 Å². The maximum atomic E-state index is 14.7. The maximum absolute atomic E-state index is 14.7. The second-order valence-corrected chi connectivity index (χ2v) is 19.2. The minimum absolute atomic E-state index is 0.0876. The number of nitrogens with one attached hydrogen (secondary N) is 1. The van der Waals surface area contributed by atoms with E-state index in [-0.39, 0.29) is 19.3 Å². The molecular weight excluding hydrogens is 991 g/mol. The number of nitrogens with two attached hydrogens (primary N) is 1. The molecule has 3 aliphatic rings. The topological polar surface area (TPSA) is 386 Å². The van der Waals surface area contributed by atoms with E-state index >= 15 is 0 Å². The number of carboxylic acids is 2. The van der Waals surface area contributed by atoms with E-state index in [1.807, 2.05) is 29.3 Å². The Balaban J connectivity index is 1.63. The van der Waals surface area contributed by atoms with Crippen molar-refractivity contribution in [2.45, 2.75) is 164 Å². The van der Waals surface area contributed by atoms with Crippen LogP contribution in [0.15, 0.2) is 58.3 Å². The van der Waals surface area contributed by atoms with Gasteiger partial charge in [0.15, 0.2) is 24.7 Å². The van der Waals surface area contributed by atoms with E-state index in [0.29, 0.717) is 22.3 Å². The van der Waals surface area contributed by atoms with Gasteiger partial charge in [-0.3, -0.25) is 42.6 Å². The number of hydrogen-bond donors (Lipinski definition) is 7. The molecule has 0 radical (unpaired) electrons. The fourth-order valence-corrected chi connectivity index (χ4v) is 9.19. The minimum atomic E-state index is -5.63. The number of likely N-dealkylation sites (N-methyl/N-ethyl adjacent to an activating group) is 2. The van der Waals surface area contributed by atoms with Gasteiger partial charge in [-0.05, 0) is 51.5 Å². The van der Waals surface area contributed by atoms with Crippen LogP contribution in [0.1, 0.15) is 90.7 Å². The molecule has 3 saturated heterocycles. The molecule has 0 saturated carbocycles. The van der Waals surface area contributed by atoms with Crippen LogP contribution < -0.4 is 17.0 Å². The van der Waals surface area contributed by atoms with E-state index < -0.39 is 156 Å². The molecular formula is C46H68N5O21S-. The summed E-state index contributed by atoms with van der Waals surface area (Å²) in [5, 5.41) is 53.4. The highest BCUT2D eigenvalue weighted by atomic mass is 32.3. The van der Waals surface area contributed by atoms with Gasteiger partial charge in [0.05, 0.1) is 6.42 Å². The van der Waals surface area contributed by atoms with E-state index in [1.54, 1.807) is 0 Å². The van der Waals surface area contributed by atoms with Crippen LogP contribution in [-0.4, -0.2) is 188 Å². The fourth-order valence-electron chi connectivity index (χ4n) is 8.71. The van der Waals surface area contributed by atoms with E-state index in [9.17, 15) is 72.1 Å². The first-order valence-electron chi connectivity index (χ1n) is 23.9. The Morgan fingerprint density at radius 1 is 0.918 bits per heavy atom. The van der Waals surface area contributed by atoms with Crippen molar-refractivity contribution in [3.63, 3.8) is 0 Å². The average Bonchev–Trinajstić information content (AvgIpc) is 3.71. The third-order valence-corrected chi connectivity index (χ3v) is 12.8. The number of rotatable bonds is 28. The molecule has 0 unspecified atom stereocenters. The Morgan fingerprint density at radius 2 is 1.58 bits per heavy atom. The highest BCUT2D eigenvalue weighted by Crippen LogP contribution is 2.37. The number of hydrogen-bond acceptors (Lipinski definition) is 21. The number of carboxylic acid groups (broad SMARTS) is 2. The van der Waals surface area contributed by atoms with E-state index in [0.717, 1.165) is 49.9 Å². The molecule has 4 rings (SSSR count). The molecule has 0 spiro atoms. The summed E-state index contributed by atoms with van der Waals surface area (Å²) in [6.45, 7) is 2.54. The van der Waals surface area contributed by atoms with Crippen LogP contribution >= 0.6 is 0 Å². The molecule has 26 nitrogen and oxygen atoms in total. The van der Waals surface area contributed by atoms with Gasteiger partial charge in [-0.2, -0.15) is 0 Å². The summed E-state index contributed by atoms with van der Waals surface area (Å²) in [6, 6.07) is -2.95. The van der Waals surface area contributed by atoms with Crippen LogP contribution in [0.25, 0.3) is 0 Å². The van der Waals surface area contributed by atoms with E-state index in [4.69, 9.17) is 29.4 Å². The summed E-state index contributed by atoms with van der Waals surface area (Å²) in [5.74, 6) is -6.45. The average molecular weight is 1060 g/mol. The van der Waals surface area contributed by atoms with Gasteiger partial charge in [-0.25, -0.2) is 18.0 Å². The standard InChI is InChI=1S/C46H69N5O21S/c1-5-6-7-8-9-10-11-12-13-14-15-16-17-18-27(67-32(55)22-26(2)21-31(53)54)23-33(56)68-29-25-49(3)35(42(60)50(4)34(29)44(61)62)39(71-45-41(72-73(64,65)66)36(57)28(24-47)69-45)40-37(58)38(59)43(70-40)51-20-19-30(52)48-46(51)63/h9-10,12-13,15-16,19-20,26-29,34-41,43,45,57-59H,5-8,11,14,17-18,21-25,47H2,1-4H3,(H,53,54)(H,61,62)(H,48,52,63)(H,64,65,66)/p-1/b10-9-,13-12-,16-15-/t26-,27+,28-,29+,34+,35+,36-,37+,38-,39+,40+,41-,43-,45+/m1/s1. The van der Waals surface area contributed by atoms with Crippen LogP contribution in [0.2, 0.25) is 0 Å². The van der Waals surface area contributed by atoms with Crippen molar-refractivity contribution in [1.82, 2.24) is 19.4 Å². The fraction of sp³-hybridized carbons (Fsp3) is 0.674. The largest absolute Gasteiger partial charge is 0.726 e. The maximum Gasteiger partial charge on any atom is 0.330 e. The molecule has 27 heteroatoms. The summed E-state index contributed by atoms with van der Waals surface area (Å²) in [5.41, 5.74) is 3.75. The summed E-state index contributed by atoms with van der Waals surface area (Å²) < 4.78 is 69.8. The van der Waals surface area contributed by atoms with Gasteiger partial charge < -0.3 is 64.4 Å². The summed E-state index contributed by atoms with van der Waals surface area (Å²) in [6.07, 6.45) is -2.68. The van der Waals surface area contributed by atoms with Crippen LogP contribution in [0.5, 0.6) is 0 Å². The Bertz CT molecular complexity index is 2340. The minimum Gasteiger partial charge on any atom is -0.726 e. The number of ether oxygens (including phenoxy) is 5. The zero-order chi connectivity index (χ0) is 54.2. The Morgan fingerprint density at radius 3 is 2.18 bits per heavy atom. The highest BCUT2D eigenvalue weighted by molar-refractivity contribution is 7.80. The Labute approximate surface area is 421 Å². The third kappa shape index (κ3) is 17.7. The lowest BCUT2D eigenvalue weighted by molar-refractivity contribution is -0.230. The smallest absolute Gasteiger partial charge is 0.330 e. The zero-order valence-corrected chi connectivity index (χ0v) is 41.8. The zero-order valence-electron chi connectivity index (χ0n) is 41.0. The monoisotopic (exact) mass is 1060 g/mol. The number of aliphatic carboxylic acids is 2. The molecule has 1 aromatic heterocycles. The number of allylic oxidation sites excluding steroid dienone is 6. The molecule has 8 N–H and O–H groups in total. The first-order valence-corrected chi connectivity index (χ1v) is 25.2. The number of nitrogens with zero attached hydrogens (tertiary/aromatic N) is 3. The Kier molecular flexibility index (Phi) is 23.5. The van der Waals surface area contributed by atoms with Crippen molar-refractivity contribution in [3.8, 4) is 0 Å². The van der Waals surface area contributed by atoms with Gasteiger partial charge in [0.1, 0.15) is 54.9 Å². The van der Waals surface area contributed by atoms with Crippen LogP contribution in [0, 0.1) is 5.92 Å². The van der Waals surface area contributed by atoms with Crippen molar-refractivity contribution in [2.75, 3.05) is 27.2 Å². The summed E-state index contributed by atoms with van der Waals surface area (Å²) in [4.78, 5) is 94.2. The van der Waals surface area contributed by atoms with Crippen molar-refractivity contribution in [3.05, 3.63) is 69.6 Å². The number of H-pyrrole nitrogens is 1. The highest BCUT2D eigenvalue weighted by Gasteiger charge is 2.57. The molecule has 3 fully saturated rings. The number of aliphatic hydroxyl groups is 3. The van der Waals surface area contributed by atoms with Crippen LogP contribution in [-0.2, 0) is 62.2 Å². The first kappa shape index (κ1) is 60.4. The van der Waals surface area contributed by atoms with Gasteiger partial charge in [-0.15, -0.1) is 0 Å². The molecule has 0 bridgehead atoms. The molecule has 0 aliphatic carbocycles. The molecule has 14 atom stereocenters. The second-order valence-electron chi connectivity index (χ2n) is 18.2. The third-order valence-electron chi connectivity index (χ3n) is 12.3. The predicted octanol–water partition coefficient (Wildman–Crippen LogP) is -0.820. The van der Waals surface area contributed by atoms with Gasteiger partial charge in [0, 0.05) is 45.2 Å². The number of aliphatic hydroxyl groups excluding tert-OH is 3. The molecule has 1 aromatic rings. The molecule has 3 aliphatic heterocycles. The van der Waals surface area contributed by atoms with Crippen molar-refractivity contribution in [2.24, 2.45) is 11.7 Å². The van der Waals surface area contributed by atoms with Gasteiger partial charge in [-0.1, -0.05) is 63.1 Å². The SMILES string of the molecule is CCCCC/C=C\C/C=C\C/C=C\CC[C@@H](CC(=O)O[C@H]1CN(C)[C@@H]([C@H](O[C@@H]2O[C@H](CN)[C@@H](O)[C@H]2OS(=O)(=O)[O-])[C@H]2O[C@@H](n3ccc(=O)[nH]c3=O)[C@H](O)[C@@H]2O)C(=O)N(C)[C@@H]1C(=O)O)OC(=O)C[C@H](C)CC(=O)O. The van der Waals surface area contributed by atoms with Crippen molar-refractivity contribution in [1.29, 1.82) is 0 Å². The number of amides is 1. The van der Waals surface area contributed by atoms with Gasteiger partial charge in [0.2, 0.25) is 16.3 Å². The first-order chi connectivity index (χ1) is 34.5. The number of unbranched alkanes of at least 4 members (excludes halogenated alkanes) is 3. The molecule has 410 valence electrons. The molecule has 0 aromatic carbocycles.